The van der Waals surface area contributed by atoms with Gasteiger partial charge in [0.1, 0.15) is 11.7 Å². The third-order valence-electron chi connectivity index (χ3n) is 3.89. The zero-order valence-electron chi connectivity index (χ0n) is 12.7. The number of benzene rings is 1. The van der Waals surface area contributed by atoms with Gasteiger partial charge in [-0.15, -0.1) is 0 Å². The van der Waals surface area contributed by atoms with Crippen molar-refractivity contribution >= 4 is 11.8 Å². The molecular formula is C16H22N2O3. The largest absolute Gasteiger partial charge is 0.444 e. The third-order valence-corrected chi connectivity index (χ3v) is 3.89. The van der Waals surface area contributed by atoms with Crippen LogP contribution in [-0.4, -0.2) is 35.3 Å². The van der Waals surface area contributed by atoms with E-state index in [0.717, 1.165) is 17.7 Å². The Kier molecular flexibility index (Phi) is 3.32. The fraction of sp³-hybridized carbons (Fsp3) is 0.562. The summed E-state index contributed by atoms with van der Waals surface area (Å²) >= 11 is 0. The van der Waals surface area contributed by atoms with E-state index in [1.54, 1.807) is 4.90 Å². The molecule has 2 aliphatic heterocycles. The zero-order valence-corrected chi connectivity index (χ0v) is 12.7. The van der Waals surface area contributed by atoms with Gasteiger partial charge >= 0.3 is 6.09 Å². The number of nitrogens with two attached hydrogens (primary N) is 1. The molecule has 114 valence electrons. The van der Waals surface area contributed by atoms with Gasteiger partial charge in [-0.3, -0.25) is 4.90 Å². The van der Waals surface area contributed by atoms with E-state index in [1.165, 1.54) is 0 Å². The first-order chi connectivity index (χ1) is 9.83. The third kappa shape index (κ3) is 2.83. The Bertz CT molecular complexity index is 535. The molecule has 2 bridgehead atoms. The van der Waals surface area contributed by atoms with Gasteiger partial charge < -0.3 is 15.2 Å². The Hall–Kier alpha value is -1.75. The maximum Gasteiger partial charge on any atom is 0.410 e. The quantitative estimate of drug-likeness (QED) is 0.808. The summed E-state index contributed by atoms with van der Waals surface area (Å²) in [5, 5.41) is 0. The van der Waals surface area contributed by atoms with Crippen LogP contribution in [0.1, 0.15) is 38.9 Å². The first-order valence-electron chi connectivity index (χ1n) is 7.34. The van der Waals surface area contributed by atoms with Crippen molar-refractivity contribution in [3.05, 3.63) is 29.8 Å². The summed E-state index contributed by atoms with van der Waals surface area (Å²) in [6.45, 7) is 6.26. The number of ether oxygens (including phenoxy) is 2. The van der Waals surface area contributed by atoms with Gasteiger partial charge in [0, 0.05) is 5.69 Å². The van der Waals surface area contributed by atoms with Gasteiger partial charge in [-0.2, -0.15) is 0 Å². The number of likely N-dealkylation sites (tertiary alicyclic amines) is 1. The van der Waals surface area contributed by atoms with Crippen LogP contribution in [0.15, 0.2) is 24.3 Å². The molecule has 0 saturated carbocycles. The normalized spacial score (nSPS) is 28.0. The second kappa shape index (κ2) is 4.91. The van der Waals surface area contributed by atoms with E-state index in [1.807, 2.05) is 45.0 Å². The maximum atomic E-state index is 12.3. The molecule has 5 heteroatoms. The van der Waals surface area contributed by atoms with Crippen LogP contribution < -0.4 is 5.73 Å². The van der Waals surface area contributed by atoms with Crippen LogP contribution in [0.3, 0.4) is 0 Å². The van der Waals surface area contributed by atoms with Gasteiger partial charge in [0.2, 0.25) is 0 Å². The molecule has 1 aromatic carbocycles. The van der Waals surface area contributed by atoms with E-state index in [2.05, 4.69) is 0 Å². The molecule has 2 aliphatic rings. The van der Waals surface area contributed by atoms with E-state index in [0.29, 0.717) is 6.54 Å². The highest BCUT2D eigenvalue weighted by molar-refractivity contribution is 5.69. The monoisotopic (exact) mass is 290 g/mol. The van der Waals surface area contributed by atoms with Crippen molar-refractivity contribution < 1.29 is 14.3 Å². The average molecular weight is 290 g/mol. The summed E-state index contributed by atoms with van der Waals surface area (Å²) in [4.78, 5) is 14.1. The lowest BCUT2D eigenvalue weighted by Crippen LogP contribution is -2.45. The molecule has 2 fully saturated rings. The first kappa shape index (κ1) is 14.2. The van der Waals surface area contributed by atoms with E-state index < -0.39 is 5.60 Å². The van der Waals surface area contributed by atoms with E-state index >= 15 is 0 Å². The molecular weight excluding hydrogens is 268 g/mol. The number of nitrogen functional groups attached to an aromatic ring is 1. The summed E-state index contributed by atoms with van der Waals surface area (Å²) in [6.07, 6.45) is 0.634. The van der Waals surface area contributed by atoms with Gasteiger partial charge in [0.05, 0.1) is 18.7 Å². The minimum Gasteiger partial charge on any atom is -0.444 e. The van der Waals surface area contributed by atoms with Crippen molar-refractivity contribution in [2.75, 3.05) is 12.3 Å². The second-order valence-corrected chi connectivity index (χ2v) is 6.78. The lowest BCUT2D eigenvalue weighted by atomic mass is 10.0. The average Bonchev–Trinajstić information content (AvgIpc) is 2.97. The number of rotatable bonds is 1. The predicted octanol–water partition coefficient (Wildman–Crippen LogP) is 2.72. The molecule has 2 saturated heterocycles. The summed E-state index contributed by atoms with van der Waals surface area (Å²) in [6, 6.07) is 7.71. The van der Waals surface area contributed by atoms with Crippen molar-refractivity contribution in [1.82, 2.24) is 4.90 Å². The van der Waals surface area contributed by atoms with E-state index in [-0.39, 0.29) is 24.3 Å². The molecule has 0 spiro atoms. The fourth-order valence-corrected chi connectivity index (χ4v) is 3.03. The smallest absolute Gasteiger partial charge is 0.410 e. The van der Waals surface area contributed by atoms with Crippen LogP contribution in [-0.2, 0) is 9.47 Å². The number of amides is 1. The predicted molar refractivity (Wildman–Crippen MR) is 79.8 cm³/mol. The number of anilines is 1. The highest BCUT2D eigenvalue weighted by Crippen LogP contribution is 2.42. The van der Waals surface area contributed by atoms with Crippen LogP contribution in [0.4, 0.5) is 10.5 Å². The molecule has 3 atom stereocenters. The van der Waals surface area contributed by atoms with Crippen LogP contribution in [0.5, 0.6) is 0 Å². The molecule has 1 amide bonds. The summed E-state index contributed by atoms with van der Waals surface area (Å²) in [5.41, 5.74) is 7.03. The minimum absolute atomic E-state index is 0.0495. The number of hydrogen-bond donors (Lipinski definition) is 1. The van der Waals surface area contributed by atoms with Gasteiger partial charge in [0.15, 0.2) is 0 Å². The standard InChI is InChI=1S/C16H22N2O3/c1-16(2,3)21-15(19)18-9-12-8-13(18)14(20-12)10-4-6-11(17)7-5-10/h4-7,12-14H,8-9,17H2,1-3H3/t12-,13-,14+/m1/s1. The van der Waals surface area contributed by atoms with Gasteiger partial charge in [-0.25, -0.2) is 4.79 Å². The van der Waals surface area contributed by atoms with Crippen LogP contribution >= 0.6 is 0 Å². The molecule has 3 rings (SSSR count). The van der Waals surface area contributed by atoms with Gasteiger partial charge in [-0.1, -0.05) is 12.1 Å². The highest BCUT2D eigenvalue weighted by atomic mass is 16.6. The topological polar surface area (TPSA) is 64.8 Å². The van der Waals surface area contributed by atoms with Crippen molar-refractivity contribution in [2.24, 2.45) is 0 Å². The highest BCUT2D eigenvalue weighted by Gasteiger charge is 2.49. The Morgan fingerprint density at radius 1 is 1.33 bits per heavy atom. The first-order valence-corrected chi connectivity index (χ1v) is 7.34. The van der Waals surface area contributed by atoms with Crippen molar-refractivity contribution in [3.8, 4) is 0 Å². The van der Waals surface area contributed by atoms with E-state index in [4.69, 9.17) is 15.2 Å². The molecule has 0 unspecified atom stereocenters. The van der Waals surface area contributed by atoms with Crippen molar-refractivity contribution in [3.63, 3.8) is 0 Å². The van der Waals surface area contributed by atoms with Gasteiger partial charge in [-0.05, 0) is 44.9 Å². The van der Waals surface area contributed by atoms with Crippen LogP contribution in [0.25, 0.3) is 0 Å². The molecule has 0 aliphatic carbocycles. The number of fused-ring (bicyclic) bond motifs is 2. The summed E-state index contributed by atoms with van der Waals surface area (Å²) < 4.78 is 11.5. The molecule has 5 nitrogen and oxygen atoms in total. The van der Waals surface area contributed by atoms with Crippen LogP contribution in [0.2, 0.25) is 0 Å². The number of nitrogens with zero attached hydrogens (tertiary/aromatic N) is 1. The number of morpholine rings is 1. The van der Waals surface area contributed by atoms with Crippen LogP contribution in [0, 0.1) is 0 Å². The molecule has 0 aromatic heterocycles. The minimum atomic E-state index is -0.476. The zero-order chi connectivity index (χ0) is 15.2. The number of carbonyl (C=O) groups excluding carboxylic acids is 1. The molecule has 0 radical (unpaired) electrons. The Morgan fingerprint density at radius 2 is 2.00 bits per heavy atom. The SMILES string of the molecule is CC(C)(C)OC(=O)N1C[C@H]2C[C@@H]1[C@H](c1ccc(N)cc1)O2. The lowest BCUT2D eigenvalue weighted by Gasteiger charge is -2.34. The van der Waals surface area contributed by atoms with Crippen molar-refractivity contribution in [2.45, 2.75) is 51.0 Å². The van der Waals surface area contributed by atoms with Crippen molar-refractivity contribution in [1.29, 1.82) is 0 Å². The number of hydrogen-bond acceptors (Lipinski definition) is 4. The second-order valence-electron chi connectivity index (χ2n) is 6.78. The van der Waals surface area contributed by atoms with Gasteiger partial charge in [0.25, 0.3) is 0 Å². The number of carbonyl (C=O) groups is 1. The molecule has 2 heterocycles. The Morgan fingerprint density at radius 3 is 2.57 bits per heavy atom. The lowest BCUT2D eigenvalue weighted by molar-refractivity contribution is -0.0467. The molecule has 1 aromatic rings. The Balaban J connectivity index is 1.75. The summed E-state index contributed by atoms with van der Waals surface area (Å²) in [7, 11) is 0. The Labute approximate surface area is 125 Å². The van der Waals surface area contributed by atoms with E-state index in [9.17, 15) is 4.79 Å². The molecule has 2 N–H and O–H groups in total. The fourth-order valence-electron chi connectivity index (χ4n) is 3.03. The molecule has 21 heavy (non-hydrogen) atoms. The summed E-state index contributed by atoms with van der Waals surface area (Å²) in [5.74, 6) is 0. The maximum absolute atomic E-state index is 12.3.